The molecule has 0 spiro atoms. The molecule has 0 radical (unpaired) electrons. The van der Waals surface area contributed by atoms with Crippen LogP contribution in [0.2, 0.25) is 0 Å². The zero-order chi connectivity index (χ0) is 13.1. The molecule has 1 aromatic rings. The molecule has 0 saturated carbocycles. The van der Waals surface area contributed by atoms with E-state index in [9.17, 15) is 0 Å². The molecule has 0 aromatic heterocycles. The Morgan fingerprint density at radius 1 is 1.56 bits per heavy atom. The largest absolute Gasteiger partial charge is 0.392 e. The van der Waals surface area contributed by atoms with Crippen molar-refractivity contribution in [1.82, 2.24) is 4.90 Å². The number of hydrogen-bond acceptors (Lipinski definition) is 3. The number of thiocarbonyl (C=S) groups is 1. The number of nitrogens with zero attached hydrogens (tertiary/aromatic N) is 1. The summed E-state index contributed by atoms with van der Waals surface area (Å²) in [7, 11) is 2.03. The Morgan fingerprint density at radius 3 is 3.00 bits per heavy atom. The molecule has 2 unspecified atom stereocenters. The Bertz CT molecular complexity index is 436. The highest BCUT2D eigenvalue weighted by atomic mass is 32.1. The van der Waals surface area contributed by atoms with Gasteiger partial charge in [0, 0.05) is 6.54 Å². The van der Waals surface area contributed by atoms with Crippen molar-refractivity contribution in [2.45, 2.75) is 25.5 Å². The lowest BCUT2D eigenvalue weighted by Gasteiger charge is -2.32. The molecule has 0 amide bonds. The molecular weight excluding hydrogens is 244 g/mol. The van der Waals surface area contributed by atoms with Gasteiger partial charge in [0.25, 0.3) is 0 Å². The quantitative estimate of drug-likeness (QED) is 0.843. The van der Waals surface area contributed by atoms with Crippen LogP contribution in [0.3, 0.4) is 0 Å². The van der Waals surface area contributed by atoms with Crippen LogP contribution < -0.4 is 5.73 Å². The summed E-state index contributed by atoms with van der Waals surface area (Å²) in [6, 6.07) is 8.58. The summed E-state index contributed by atoms with van der Waals surface area (Å²) in [5, 5.41) is 0. The molecule has 1 heterocycles. The molecule has 98 valence electrons. The predicted octanol–water partition coefficient (Wildman–Crippen LogP) is 1.91. The number of ether oxygens (including phenoxy) is 1. The maximum Gasteiger partial charge on any atom is 0.0954 e. The molecule has 1 aliphatic heterocycles. The third kappa shape index (κ3) is 2.88. The van der Waals surface area contributed by atoms with Crippen molar-refractivity contribution in [2.24, 2.45) is 5.73 Å². The fourth-order valence-electron chi connectivity index (χ4n) is 2.26. The molecule has 0 bridgehead atoms. The van der Waals surface area contributed by atoms with Gasteiger partial charge in [-0.1, -0.05) is 36.5 Å². The van der Waals surface area contributed by atoms with Crippen LogP contribution >= 0.6 is 12.2 Å². The van der Waals surface area contributed by atoms with Crippen molar-refractivity contribution in [3.8, 4) is 0 Å². The van der Waals surface area contributed by atoms with E-state index in [1.807, 2.05) is 14.0 Å². The van der Waals surface area contributed by atoms with E-state index in [0.29, 0.717) is 4.99 Å². The second kappa shape index (κ2) is 5.78. The number of benzene rings is 1. The highest BCUT2D eigenvalue weighted by Gasteiger charge is 2.23. The van der Waals surface area contributed by atoms with Crippen molar-refractivity contribution < 1.29 is 4.74 Å². The van der Waals surface area contributed by atoms with E-state index < -0.39 is 0 Å². The van der Waals surface area contributed by atoms with Crippen LogP contribution in [0.15, 0.2) is 24.3 Å². The van der Waals surface area contributed by atoms with Crippen LogP contribution in [0, 0.1) is 0 Å². The minimum atomic E-state index is 0.0951. The predicted molar refractivity (Wildman–Crippen MR) is 77.7 cm³/mol. The van der Waals surface area contributed by atoms with Gasteiger partial charge in [0.05, 0.1) is 23.7 Å². The lowest BCUT2D eigenvalue weighted by atomic mass is 9.97. The minimum Gasteiger partial charge on any atom is -0.392 e. The number of fused-ring (bicyclic) bond motifs is 1. The summed E-state index contributed by atoms with van der Waals surface area (Å²) in [6.45, 7) is 3.63. The van der Waals surface area contributed by atoms with E-state index in [0.717, 1.165) is 19.6 Å². The molecule has 2 rings (SSSR count). The van der Waals surface area contributed by atoms with E-state index >= 15 is 0 Å². The summed E-state index contributed by atoms with van der Waals surface area (Å²) >= 11 is 5.04. The molecule has 1 aromatic carbocycles. The van der Waals surface area contributed by atoms with Crippen molar-refractivity contribution in [1.29, 1.82) is 0 Å². The standard InChI is InChI=1S/C14H20N2OS/c1-10(14(15)18)16(2)9-13-12-6-4-3-5-11(12)7-8-17-13/h3-6,10,13H,7-9H2,1-2H3,(H2,15,18). The number of nitrogens with two attached hydrogens (primary N) is 1. The summed E-state index contributed by atoms with van der Waals surface area (Å²) in [5.74, 6) is 0. The van der Waals surface area contributed by atoms with Gasteiger partial charge in [0.1, 0.15) is 0 Å². The number of rotatable bonds is 4. The van der Waals surface area contributed by atoms with Crippen LogP contribution in [0.5, 0.6) is 0 Å². The molecule has 2 N–H and O–H groups in total. The first-order valence-corrected chi connectivity index (χ1v) is 6.69. The fourth-order valence-corrected chi connectivity index (χ4v) is 2.44. The topological polar surface area (TPSA) is 38.5 Å². The van der Waals surface area contributed by atoms with Crippen molar-refractivity contribution >= 4 is 17.2 Å². The molecule has 3 nitrogen and oxygen atoms in total. The van der Waals surface area contributed by atoms with Crippen LogP contribution in [0.1, 0.15) is 24.2 Å². The van der Waals surface area contributed by atoms with Gasteiger partial charge in [-0.15, -0.1) is 0 Å². The minimum absolute atomic E-state index is 0.0951. The van der Waals surface area contributed by atoms with Gasteiger partial charge in [0.15, 0.2) is 0 Å². The molecular formula is C14H20N2OS. The van der Waals surface area contributed by atoms with Crippen LogP contribution in [0.4, 0.5) is 0 Å². The van der Waals surface area contributed by atoms with Gasteiger partial charge in [-0.25, -0.2) is 0 Å². The van der Waals surface area contributed by atoms with E-state index in [4.69, 9.17) is 22.7 Å². The Hall–Kier alpha value is -0.970. The highest BCUT2D eigenvalue weighted by Crippen LogP contribution is 2.27. The zero-order valence-corrected chi connectivity index (χ0v) is 11.7. The van der Waals surface area contributed by atoms with Gasteiger partial charge < -0.3 is 10.5 Å². The van der Waals surface area contributed by atoms with Crippen molar-refractivity contribution in [2.75, 3.05) is 20.2 Å². The van der Waals surface area contributed by atoms with Crippen LogP contribution in [-0.4, -0.2) is 36.1 Å². The van der Waals surface area contributed by atoms with Gasteiger partial charge >= 0.3 is 0 Å². The molecule has 1 aliphatic rings. The molecule has 18 heavy (non-hydrogen) atoms. The molecule has 0 fully saturated rings. The lowest BCUT2D eigenvalue weighted by Crippen LogP contribution is -2.42. The second-order valence-electron chi connectivity index (χ2n) is 4.83. The van der Waals surface area contributed by atoms with Crippen molar-refractivity contribution in [3.63, 3.8) is 0 Å². The van der Waals surface area contributed by atoms with Crippen molar-refractivity contribution in [3.05, 3.63) is 35.4 Å². The summed E-state index contributed by atoms with van der Waals surface area (Å²) < 4.78 is 5.88. The first kappa shape index (κ1) is 13.5. The van der Waals surface area contributed by atoms with Gasteiger partial charge in [0.2, 0.25) is 0 Å². The van der Waals surface area contributed by atoms with E-state index in [1.165, 1.54) is 11.1 Å². The normalized spacial score (nSPS) is 20.5. The van der Waals surface area contributed by atoms with E-state index in [1.54, 1.807) is 0 Å². The molecule has 0 aliphatic carbocycles. The van der Waals surface area contributed by atoms with Crippen LogP contribution in [-0.2, 0) is 11.2 Å². The molecule has 0 saturated heterocycles. The van der Waals surface area contributed by atoms with Crippen LogP contribution in [0.25, 0.3) is 0 Å². The van der Waals surface area contributed by atoms with Gasteiger partial charge in [-0.2, -0.15) is 0 Å². The first-order valence-electron chi connectivity index (χ1n) is 6.28. The average molecular weight is 264 g/mol. The second-order valence-corrected chi connectivity index (χ2v) is 5.30. The molecule has 2 atom stereocenters. The third-order valence-electron chi connectivity index (χ3n) is 3.62. The maximum absolute atomic E-state index is 5.88. The summed E-state index contributed by atoms with van der Waals surface area (Å²) in [4.78, 5) is 2.68. The van der Waals surface area contributed by atoms with Gasteiger partial charge in [-0.05, 0) is 31.5 Å². The summed E-state index contributed by atoms with van der Waals surface area (Å²) in [5.41, 5.74) is 8.38. The Balaban J connectivity index is 2.09. The third-order valence-corrected chi connectivity index (χ3v) is 3.96. The lowest BCUT2D eigenvalue weighted by molar-refractivity contribution is 0.0188. The number of likely N-dealkylation sites (N-methyl/N-ethyl adjacent to an activating group) is 1. The Labute approximate surface area is 114 Å². The SMILES string of the molecule is CC(C(N)=S)N(C)CC1OCCc2ccccc21. The Morgan fingerprint density at radius 2 is 2.28 bits per heavy atom. The maximum atomic E-state index is 5.88. The highest BCUT2D eigenvalue weighted by molar-refractivity contribution is 7.80. The summed E-state index contributed by atoms with van der Waals surface area (Å²) in [6.07, 6.45) is 1.12. The smallest absolute Gasteiger partial charge is 0.0954 e. The first-order chi connectivity index (χ1) is 8.59. The molecule has 4 heteroatoms. The van der Waals surface area contributed by atoms with E-state index in [-0.39, 0.29) is 12.1 Å². The number of hydrogen-bond donors (Lipinski definition) is 1. The van der Waals surface area contributed by atoms with E-state index in [2.05, 4.69) is 29.2 Å². The fraction of sp³-hybridized carbons (Fsp3) is 0.500. The average Bonchev–Trinajstić information content (AvgIpc) is 2.38. The zero-order valence-electron chi connectivity index (χ0n) is 10.9. The van der Waals surface area contributed by atoms with Gasteiger partial charge in [-0.3, -0.25) is 4.90 Å². The Kier molecular flexibility index (Phi) is 4.32. The monoisotopic (exact) mass is 264 g/mol.